The highest BCUT2D eigenvalue weighted by atomic mass is 16.6. The topological polar surface area (TPSA) is 38.8 Å². The molecule has 1 aliphatic heterocycles. The summed E-state index contributed by atoms with van der Waals surface area (Å²) in [6.45, 7) is 7.79. The van der Waals surface area contributed by atoms with E-state index in [1.165, 1.54) is 11.1 Å². The fourth-order valence-electron chi connectivity index (χ4n) is 3.34. The highest BCUT2D eigenvalue weighted by molar-refractivity contribution is 5.72. The summed E-state index contributed by atoms with van der Waals surface area (Å²) >= 11 is 0. The third-order valence-corrected chi connectivity index (χ3v) is 5.10. The monoisotopic (exact) mass is 379 g/mol. The lowest BCUT2D eigenvalue weighted by molar-refractivity contribution is 0.156. The Bertz CT molecular complexity index is 838. The number of amides is 1. The molecule has 1 heterocycles. The van der Waals surface area contributed by atoms with Gasteiger partial charge in [-0.05, 0) is 68.9 Å². The van der Waals surface area contributed by atoms with E-state index in [0.29, 0.717) is 31.9 Å². The van der Waals surface area contributed by atoms with Gasteiger partial charge in [0.2, 0.25) is 0 Å². The maximum atomic E-state index is 12.5. The molecule has 0 fully saturated rings. The van der Waals surface area contributed by atoms with Crippen LogP contribution in [-0.4, -0.2) is 30.7 Å². The highest BCUT2D eigenvalue weighted by Gasteiger charge is 2.20. The first-order valence-electron chi connectivity index (χ1n) is 10.1. The lowest BCUT2D eigenvalue weighted by Crippen LogP contribution is -2.33. The zero-order valence-corrected chi connectivity index (χ0v) is 17.0. The van der Waals surface area contributed by atoms with E-state index in [1.807, 2.05) is 26.0 Å². The van der Waals surface area contributed by atoms with Crippen molar-refractivity contribution in [3.05, 3.63) is 70.8 Å². The van der Waals surface area contributed by atoms with Gasteiger partial charge >= 0.3 is 6.09 Å². The van der Waals surface area contributed by atoms with Crippen LogP contribution < -0.4 is 9.47 Å². The molecule has 1 amide bonds. The Balaban J connectivity index is 1.87. The van der Waals surface area contributed by atoms with Crippen molar-refractivity contribution in [1.29, 1.82) is 0 Å². The van der Waals surface area contributed by atoms with Gasteiger partial charge < -0.3 is 14.4 Å². The van der Waals surface area contributed by atoms with Crippen LogP contribution in [0.15, 0.2) is 54.1 Å². The molecule has 0 aliphatic carbocycles. The molecule has 0 N–H and O–H groups in total. The van der Waals surface area contributed by atoms with E-state index >= 15 is 0 Å². The maximum absolute atomic E-state index is 12.5. The molecular weight excluding hydrogens is 350 g/mol. The van der Waals surface area contributed by atoms with E-state index in [-0.39, 0.29) is 6.09 Å². The average molecular weight is 380 g/mol. The van der Waals surface area contributed by atoms with Crippen LogP contribution in [0.4, 0.5) is 4.79 Å². The number of hydrogen-bond acceptors (Lipinski definition) is 3. The molecule has 0 radical (unpaired) electrons. The number of ether oxygens (including phenoxy) is 2. The molecule has 2 aromatic rings. The summed E-state index contributed by atoms with van der Waals surface area (Å²) in [5.41, 5.74) is 4.53. The van der Waals surface area contributed by atoms with Crippen LogP contribution in [-0.2, 0) is 19.3 Å². The molecule has 0 spiro atoms. The second kappa shape index (κ2) is 9.45. The van der Waals surface area contributed by atoms with Crippen molar-refractivity contribution < 1.29 is 14.3 Å². The first kappa shape index (κ1) is 20.0. The minimum atomic E-state index is -0.308. The van der Waals surface area contributed by atoms with Crippen molar-refractivity contribution in [1.82, 2.24) is 4.90 Å². The SMILES string of the molecule is CCN(CC)C(=O)Oc1cc(CCc2ccccc2)cc2c1CC=C(C)CO2. The number of aryl methyl sites for hydroxylation is 2. The summed E-state index contributed by atoms with van der Waals surface area (Å²) in [6, 6.07) is 14.5. The molecule has 4 nitrogen and oxygen atoms in total. The van der Waals surface area contributed by atoms with Gasteiger partial charge in [0.1, 0.15) is 18.1 Å². The molecule has 0 bridgehead atoms. The van der Waals surface area contributed by atoms with Gasteiger partial charge in [0, 0.05) is 18.7 Å². The predicted octanol–water partition coefficient (Wildman–Crippen LogP) is 5.19. The van der Waals surface area contributed by atoms with Gasteiger partial charge in [-0.1, -0.05) is 36.4 Å². The normalized spacial score (nSPS) is 13.0. The molecular formula is C24H29NO3. The second-order valence-corrected chi connectivity index (χ2v) is 7.14. The number of carbonyl (C=O) groups excluding carboxylic acids is 1. The van der Waals surface area contributed by atoms with E-state index in [9.17, 15) is 4.79 Å². The number of benzene rings is 2. The van der Waals surface area contributed by atoms with Gasteiger partial charge in [-0.3, -0.25) is 0 Å². The number of hydrogen-bond donors (Lipinski definition) is 0. The highest BCUT2D eigenvalue weighted by Crippen LogP contribution is 2.34. The van der Waals surface area contributed by atoms with Crippen LogP contribution in [0.3, 0.4) is 0 Å². The minimum Gasteiger partial charge on any atom is -0.489 e. The molecule has 4 heteroatoms. The van der Waals surface area contributed by atoms with E-state index in [0.717, 1.165) is 29.7 Å². The number of nitrogens with zero attached hydrogens (tertiary/aromatic N) is 1. The lowest BCUT2D eigenvalue weighted by atomic mass is 10.0. The summed E-state index contributed by atoms with van der Waals surface area (Å²) in [6.07, 6.45) is 4.34. The Morgan fingerprint density at radius 1 is 1.07 bits per heavy atom. The van der Waals surface area contributed by atoms with E-state index < -0.39 is 0 Å². The maximum Gasteiger partial charge on any atom is 0.415 e. The summed E-state index contributed by atoms with van der Waals surface area (Å²) in [7, 11) is 0. The van der Waals surface area contributed by atoms with Crippen molar-refractivity contribution in [2.24, 2.45) is 0 Å². The minimum absolute atomic E-state index is 0.308. The predicted molar refractivity (Wildman–Crippen MR) is 112 cm³/mol. The van der Waals surface area contributed by atoms with Crippen molar-refractivity contribution in [3.8, 4) is 11.5 Å². The quantitative estimate of drug-likeness (QED) is 0.648. The van der Waals surface area contributed by atoms with Gasteiger partial charge in [0.15, 0.2) is 0 Å². The molecule has 0 atom stereocenters. The van der Waals surface area contributed by atoms with Crippen LogP contribution >= 0.6 is 0 Å². The molecule has 0 saturated carbocycles. The Morgan fingerprint density at radius 3 is 2.50 bits per heavy atom. The third kappa shape index (κ3) is 4.94. The molecule has 0 unspecified atom stereocenters. The van der Waals surface area contributed by atoms with Gasteiger partial charge in [-0.15, -0.1) is 0 Å². The summed E-state index contributed by atoms with van der Waals surface area (Å²) in [4.78, 5) is 14.2. The fourth-order valence-corrected chi connectivity index (χ4v) is 3.34. The molecule has 0 saturated heterocycles. The lowest BCUT2D eigenvalue weighted by Gasteiger charge is -2.20. The zero-order chi connectivity index (χ0) is 19.9. The van der Waals surface area contributed by atoms with Crippen molar-refractivity contribution in [2.75, 3.05) is 19.7 Å². The fraction of sp³-hybridized carbons (Fsp3) is 0.375. The second-order valence-electron chi connectivity index (χ2n) is 7.14. The Labute approximate surface area is 167 Å². The molecule has 148 valence electrons. The molecule has 3 rings (SSSR count). The Kier molecular flexibility index (Phi) is 6.75. The van der Waals surface area contributed by atoms with Crippen LogP contribution in [0.5, 0.6) is 11.5 Å². The number of allylic oxidation sites excluding steroid dienone is 1. The van der Waals surface area contributed by atoms with Crippen molar-refractivity contribution >= 4 is 6.09 Å². The van der Waals surface area contributed by atoms with Crippen molar-refractivity contribution in [2.45, 2.75) is 40.0 Å². The Morgan fingerprint density at radius 2 is 1.79 bits per heavy atom. The third-order valence-electron chi connectivity index (χ3n) is 5.10. The first-order valence-corrected chi connectivity index (χ1v) is 10.1. The van der Waals surface area contributed by atoms with Crippen LogP contribution in [0.25, 0.3) is 0 Å². The summed E-state index contributed by atoms with van der Waals surface area (Å²) in [5, 5.41) is 0. The largest absolute Gasteiger partial charge is 0.489 e. The smallest absolute Gasteiger partial charge is 0.415 e. The summed E-state index contributed by atoms with van der Waals surface area (Å²) < 4.78 is 11.8. The number of fused-ring (bicyclic) bond motifs is 1. The Hall–Kier alpha value is -2.75. The van der Waals surface area contributed by atoms with Gasteiger partial charge in [-0.2, -0.15) is 0 Å². The molecule has 2 aromatic carbocycles. The van der Waals surface area contributed by atoms with E-state index in [1.54, 1.807) is 4.90 Å². The van der Waals surface area contributed by atoms with Gasteiger partial charge in [-0.25, -0.2) is 4.79 Å². The molecule has 28 heavy (non-hydrogen) atoms. The summed E-state index contributed by atoms with van der Waals surface area (Å²) in [5.74, 6) is 1.43. The van der Waals surface area contributed by atoms with E-state index in [2.05, 4.69) is 43.3 Å². The first-order chi connectivity index (χ1) is 13.6. The van der Waals surface area contributed by atoms with Crippen LogP contribution in [0.1, 0.15) is 37.5 Å². The van der Waals surface area contributed by atoms with Crippen LogP contribution in [0.2, 0.25) is 0 Å². The number of carbonyl (C=O) groups is 1. The molecule has 1 aliphatic rings. The van der Waals surface area contributed by atoms with Crippen LogP contribution in [0, 0.1) is 0 Å². The zero-order valence-electron chi connectivity index (χ0n) is 17.0. The standard InChI is InChI=1S/C24H29NO3/c1-4-25(5-2)24(26)28-23-16-20(13-12-19-9-7-6-8-10-19)15-22-21(23)14-11-18(3)17-27-22/h6-11,15-16H,4-5,12-14,17H2,1-3H3. The average Bonchev–Trinajstić information content (AvgIpc) is 2.90. The van der Waals surface area contributed by atoms with E-state index in [4.69, 9.17) is 9.47 Å². The van der Waals surface area contributed by atoms with Gasteiger partial charge in [0.05, 0.1) is 0 Å². The van der Waals surface area contributed by atoms with Crippen molar-refractivity contribution in [3.63, 3.8) is 0 Å². The number of rotatable bonds is 6. The molecule has 0 aromatic heterocycles. The van der Waals surface area contributed by atoms with Gasteiger partial charge in [0.25, 0.3) is 0 Å².